The lowest BCUT2D eigenvalue weighted by atomic mass is 10.2. The van der Waals surface area contributed by atoms with Gasteiger partial charge in [0.15, 0.2) is 0 Å². The van der Waals surface area contributed by atoms with Crippen molar-refractivity contribution in [2.24, 2.45) is 5.92 Å². The second-order valence-electron chi connectivity index (χ2n) is 4.78. The first-order valence-corrected chi connectivity index (χ1v) is 6.45. The standard InChI is InChI=1S/C13H25N3/c1-4-5-6-9-16-13(7-8-15-16)11-14-10-12(2)3/h7-8,12,14H,4-6,9-11H2,1-3H3. The SMILES string of the molecule is CCCCCn1nccc1CNCC(C)C. The molecule has 1 aromatic heterocycles. The predicted molar refractivity (Wildman–Crippen MR) is 68.3 cm³/mol. The first kappa shape index (κ1) is 13.2. The molecule has 92 valence electrons. The van der Waals surface area contributed by atoms with Crippen molar-refractivity contribution in [3.05, 3.63) is 18.0 Å². The number of nitrogens with one attached hydrogen (secondary N) is 1. The molecular weight excluding hydrogens is 198 g/mol. The van der Waals surface area contributed by atoms with E-state index in [1.54, 1.807) is 0 Å². The molecule has 0 bridgehead atoms. The van der Waals surface area contributed by atoms with Crippen LogP contribution in [0.3, 0.4) is 0 Å². The van der Waals surface area contributed by atoms with Crippen molar-refractivity contribution in [1.82, 2.24) is 15.1 Å². The summed E-state index contributed by atoms with van der Waals surface area (Å²) in [5.74, 6) is 0.705. The second-order valence-corrected chi connectivity index (χ2v) is 4.78. The highest BCUT2D eigenvalue weighted by atomic mass is 15.3. The normalized spacial score (nSPS) is 11.2. The molecule has 0 saturated heterocycles. The topological polar surface area (TPSA) is 29.9 Å². The van der Waals surface area contributed by atoms with Crippen LogP contribution in [0.1, 0.15) is 45.7 Å². The van der Waals surface area contributed by atoms with Crippen molar-refractivity contribution >= 4 is 0 Å². The average molecular weight is 223 g/mol. The molecule has 1 rings (SSSR count). The number of aromatic nitrogens is 2. The third-order valence-corrected chi connectivity index (χ3v) is 2.64. The summed E-state index contributed by atoms with van der Waals surface area (Å²) < 4.78 is 2.13. The number of unbranched alkanes of at least 4 members (excludes halogenated alkanes) is 2. The smallest absolute Gasteiger partial charge is 0.0522 e. The van der Waals surface area contributed by atoms with E-state index in [0.717, 1.165) is 19.6 Å². The zero-order valence-corrected chi connectivity index (χ0v) is 10.9. The maximum Gasteiger partial charge on any atom is 0.0522 e. The van der Waals surface area contributed by atoms with E-state index in [9.17, 15) is 0 Å². The maximum absolute atomic E-state index is 4.36. The maximum atomic E-state index is 4.36. The van der Waals surface area contributed by atoms with E-state index in [0.29, 0.717) is 5.92 Å². The molecule has 3 nitrogen and oxygen atoms in total. The van der Waals surface area contributed by atoms with Crippen LogP contribution in [0.5, 0.6) is 0 Å². The van der Waals surface area contributed by atoms with Crippen molar-refractivity contribution in [1.29, 1.82) is 0 Å². The van der Waals surface area contributed by atoms with Crippen molar-refractivity contribution in [2.75, 3.05) is 6.54 Å². The molecule has 0 spiro atoms. The minimum absolute atomic E-state index is 0.705. The van der Waals surface area contributed by atoms with Gasteiger partial charge in [-0.1, -0.05) is 33.6 Å². The molecule has 0 aliphatic carbocycles. The van der Waals surface area contributed by atoms with Gasteiger partial charge in [-0.3, -0.25) is 4.68 Å². The summed E-state index contributed by atoms with van der Waals surface area (Å²) in [4.78, 5) is 0. The van der Waals surface area contributed by atoms with Crippen molar-refractivity contribution in [2.45, 2.75) is 53.1 Å². The Morgan fingerprint density at radius 3 is 2.88 bits per heavy atom. The van der Waals surface area contributed by atoms with Crippen LogP contribution >= 0.6 is 0 Å². The van der Waals surface area contributed by atoms with Crippen LogP contribution in [0, 0.1) is 5.92 Å². The summed E-state index contributed by atoms with van der Waals surface area (Å²) >= 11 is 0. The summed E-state index contributed by atoms with van der Waals surface area (Å²) in [7, 11) is 0. The quantitative estimate of drug-likeness (QED) is 0.687. The highest BCUT2D eigenvalue weighted by Gasteiger charge is 2.02. The van der Waals surface area contributed by atoms with E-state index in [1.807, 2.05) is 6.20 Å². The fourth-order valence-corrected chi connectivity index (χ4v) is 1.71. The molecular formula is C13H25N3. The number of rotatable bonds is 8. The van der Waals surface area contributed by atoms with Crippen molar-refractivity contribution in [3.8, 4) is 0 Å². The molecule has 0 atom stereocenters. The monoisotopic (exact) mass is 223 g/mol. The molecule has 0 saturated carbocycles. The van der Waals surface area contributed by atoms with Gasteiger partial charge in [-0.05, 0) is 24.9 Å². The Bertz CT molecular complexity index is 278. The molecule has 1 aromatic rings. The molecule has 16 heavy (non-hydrogen) atoms. The van der Waals surface area contributed by atoms with Gasteiger partial charge in [-0.25, -0.2) is 0 Å². The average Bonchev–Trinajstić information content (AvgIpc) is 2.66. The molecule has 0 aliphatic rings. The zero-order valence-electron chi connectivity index (χ0n) is 10.9. The van der Waals surface area contributed by atoms with Crippen LogP contribution in [0.15, 0.2) is 12.3 Å². The molecule has 1 N–H and O–H groups in total. The zero-order chi connectivity index (χ0) is 11.8. The predicted octanol–water partition coefficient (Wildman–Crippen LogP) is 2.82. The molecule has 1 heterocycles. The Morgan fingerprint density at radius 1 is 1.38 bits per heavy atom. The van der Waals surface area contributed by atoms with E-state index < -0.39 is 0 Å². The van der Waals surface area contributed by atoms with Gasteiger partial charge in [0.1, 0.15) is 0 Å². The molecule has 0 fully saturated rings. The molecule has 0 unspecified atom stereocenters. The highest BCUT2D eigenvalue weighted by Crippen LogP contribution is 2.03. The van der Waals surface area contributed by atoms with Crippen LogP contribution in [0.2, 0.25) is 0 Å². The van der Waals surface area contributed by atoms with Crippen LogP contribution < -0.4 is 5.32 Å². The fraction of sp³-hybridized carbons (Fsp3) is 0.769. The van der Waals surface area contributed by atoms with Gasteiger partial charge in [-0.15, -0.1) is 0 Å². The molecule has 0 radical (unpaired) electrons. The highest BCUT2D eigenvalue weighted by molar-refractivity contribution is 4.99. The van der Waals surface area contributed by atoms with Crippen LogP contribution in [0.25, 0.3) is 0 Å². The number of hydrogen-bond donors (Lipinski definition) is 1. The minimum atomic E-state index is 0.705. The lowest BCUT2D eigenvalue weighted by molar-refractivity contribution is 0.500. The van der Waals surface area contributed by atoms with Gasteiger partial charge >= 0.3 is 0 Å². The largest absolute Gasteiger partial charge is 0.311 e. The van der Waals surface area contributed by atoms with E-state index >= 15 is 0 Å². The van der Waals surface area contributed by atoms with Gasteiger partial charge in [0.05, 0.1) is 5.69 Å². The van der Waals surface area contributed by atoms with Gasteiger partial charge in [-0.2, -0.15) is 5.10 Å². The third kappa shape index (κ3) is 4.79. The van der Waals surface area contributed by atoms with Crippen molar-refractivity contribution in [3.63, 3.8) is 0 Å². The Labute approximate surface area is 99.2 Å². The second kappa shape index (κ2) is 7.44. The van der Waals surface area contributed by atoms with E-state index in [-0.39, 0.29) is 0 Å². The van der Waals surface area contributed by atoms with Gasteiger partial charge in [0, 0.05) is 19.3 Å². The molecule has 3 heteroatoms. The van der Waals surface area contributed by atoms with E-state index in [2.05, 4.69) is 41.9 Å². The van der Waals surface area contributed by atoms with Gasteiger partial charge < -0.3 is 5.32 Å². The van der Waals surface area contributed by atoms with Gasteiger partial charge in [0.25, 0.3) is 0 Å². The lowest BCUT2D eigenvalue weighted by Gasteiger charge is -2.09. The summed E-state index contributed by atoms with van der Waals surface area (Å²) in [6, 6.07) is 2.11. The van der Waals surface area contributed by atoms with E-state index in [4.69, 9.17) is 0 Å². The summed E-state index contributed by atoms with van der Waals surface area (Å²) in [6.07, 6.45) is 5.69. The minimum Gasteiger partial charge on any atom is -0.311 e. The van der Waals surface area contributed by atoms with Crippen LogP contribution in [-0.2, 0) is 13.1 Å². The summed E-state index contributed by atoms with van der Waals surface area (Å²) in [5.41, 5.74) is 1.30. The first-order valence-electron chi connectivity index (χ1n) is 6.45. The van der Waals surface area contributed by atoms with Crippen LogP contribution in [0.4, 0.5) is 0 Å². The van der Waals surface area contributed by atoms with Crippen LogP contribution in [-0.4, -0.2) is 16.3 Å². The Balaban J connectivity index is 2.32. The number of aryl methyl sites for hydroxylation is 1. The van der Waals surface area contributed by atoms with E-state index in [1.165, 1.54) is 25.0 Å². The molecule has 0 amide bonds. The Kier molecular flexibility index (Phi) is 6.16. The van der Waals surface area contributed by atoms with Crippen molar-refractivity contribution < 1.29 is 0 Å². The fourth-order valence-electron chi connectivity index (χ4n) is 1.71. The summed E-state index contributed by atoms with van der Waals surface area (Å²) in [6.45, 7) is 9.75. The molecule has 0 aliphatic heterocycles. The lowest BCUT2D eigenvalue weighted by Crippen LogP contribution is -2.21. The third-order valence-electron chi connectivity index (χ3n) is 2.64. The Morgan fingerprint density at radius 2 is 2.19 bits per heavy atom. The van der Waals surface area contributed by atoms with Gasteiger partial charge in [0.2, 0.25) is 0 Å². The Hall–Kier alpha value is -0.830. The number of nitrogens with zero attached hydrogens (tertiary/aromatic N) is 2. The molecule has 0 aromatic carbocycles. The number of hydrogen-bond acceptors (Lipinski definition) is 2. The first-order chi connectivity index (χ1) is 7.74. The summed E-state index contributed by atoms with van der Waals surface area (Å²) in [5, 5.41) is 7.82.